The first kappa shape index (κ1) is 13.5. The van der Waals surface area contributed by atoms with E-state index >= 15 is 0 Å². The molecule has 0 aliphatic carbocycles. The molecule has 1 heterocycles. The van der Waals surface area contributed by atoms with Gasteiger partial charge in [0.15, 0.2) is 0 Å². The van der Waals surface area contributed by atoms with Crippen molar-refractivity contribution < 1.29 is 4.39 Å². The van der Waals surface area contributed by atoms with Gasteiger partial charge in [0.1, 0.15) is 5.82 Å². The second-order valence-electron chi connectivity index (χ2n) is 5.50. The quantitative estimate of drug-likeness (QED) is 0.893. The molecule has 1 fully saturated rings. The Morgan fingerprint density at radius 3 is 2.89 bits per heavy atom. The van der Waals surface area contributed by atoms with E-state index in [9.17, 15) is 4.39 Å². The summed E-state index contributed by atoms with van der Waals surface area (Å²) in [5.41, 5.74) is 7.78. The highest BCUT2D eigenvalue weighted by molar-refractivity contribution is 5.27. The van der Waals surface area contributed by atoms with E-state index in [1.165, 1.54) is 12.8 Å². The van der Waals surface area contributed by atoms with Crippen molar-refractivity contribution in [2.75, 3.05) is 19.6 Å². The lowest BCUT2D eigenvalue weighted by atomic mass is 9.95. The van der Waals surface area contributed by atoms with Gasteiger partial charge < -0.3 is 5.73 Å². The largest absolute Gasteiger partial charge is 0.329 e. The van der Waals surface area contributed by atoms with Crippen LogP contribution in [0.2, 0.25) is 0 Å². The average molecular weight is 250 g/mol. The van der Waals surface area contributed by atoms with Gasteiger partial charge in [-0.15, -0.1) is 0 Å². The van der Waals surface area contributed by atoms with E-state index in [0.717, 1.165) is 24.6 Å². The van der Waals surface area contributed by atoms with Crippen molar-refractivity contribution in [3.8, 4) is 0 Å². The SMILES string of the molecule is Cc1cc(C(CN)N2CCCC(C)C2)ccc1F. The third kappa shape index (κ3) is 2.90. The third-order valence-corrected chi connectivity index (χ3v) is 3.92. The second-order valence-corrected chi connectivity index (χ2v) is 5.50. The van der Waals surface area contributed by atoms with E-state index in [-0.39, 0.29) is 11.9 Å². The highest BCUT2D eigenvalue weighted by Crippen LogP contribution is 2.27. The molecule has 18 heavy (non-hydrogen) atoms. The van der Waals surface area contributed by atoms with Crippen LogP contribution in [0.1, 0.15) is 36.9 Å². The molecule has 2 N–H and O–H groups in total. The maximum atomic E-state index is 13.3. The Labute approximate surface area is 109 Å². The molecule has 3 heteroatoms. The molecule has 0 radical (unpaired) electrons. The molecule has 0 spiro atoms. The molecule has 2 nitrogen and oxygen atoms in total. The van der Waals surface area contributed by atoms with Crippen LogP contribution in [0.3, 0.4) is 0 Å². The average Bonchev–Trinajstić information content (AvgIpc) is 2.35. The summed E-state index contributed by atoms with van der Waals surface area (Å²) in [4.78, 5) is 2.45. The van der Waals surface area contributed by atoms with Gasteiger partial charge in [0.05, 0.1) is 0 Å². The van der Waals surface area contributed by atoms with Crippen LogP contribution in [0.5, 0.6) is 0 Å². The van der Waals surface area contributed by atoms with Crippen molar-refractivity contribution in [2.24, 2.45) is 11.7 Å². The Morgan fingerprint density at radius 1 is 1.50 bits per heavy atom. The maximum Gasteiger partial charge on any atom is 0.126 e. The Bertz CT molecular complexity index is 405. The zero-order valence-corrected chi connectivity index (χ0v) is 11.3. The number of hydrogen-bond acceptors (Lipinski definition) is 2. The first-order chi connectivity index (χ1) is 8.61. The number of hydrogen-bond donors (Lipinski definition) is 1. The number of piperidine rings is 1. The predicted molar refractivity (Wildman–Crippen MR) is 72.9 cm³/mol. The molecule has 0 amide bonds. The molecule has 0 bridgehead atoms. The standard InChI is InChI=1S/C15H23FN2/c1-11-4-3-7-18(10-11)15(9-17)13-5-6-14(16)12(2)8-13/h5-6,8,11,15H,3-4,7,9-10,17H2,1-2H3. The predicted octanol–water partition coefficient (Wildman–Crippen LogP) is 2.87. The smallest absolute Gasteiger partial charge is 0.126 e. The summed E-state index contributed by atoms with van der Waals surface area (Å²) in [7, 11) is 0. The number of nitrogens with two attached hydrogens (primary N) is 1. The lowest BCUT2D eigenvalue weighted by Crippen LogP contribution is -2.40. The van der Waals surface area contributed by atoms with Gasteiger partial charge >= 0.3 is 0 Å². The lowest BCUT2D eigenvalue weighted by molar-refractivity contribution is 0.133. The minimum Gasteiger partial charge on any atom is -0.329 e. The molecule has 1 aromatic rings. The first-order valence-corrected chi connectivity index (χ1v) is 6.82. The Kier molecular flexibility index (Phi) is 4.36. The molecule has 1 aliphatic rings. The fourth-order valence-electron chi connectivity index (χ4n) is 2.88. The minimum atomic E-state index is -0.137. The van der Waals surface area contributed by atoms with Gasteiger partial charge in [-0.1, -0.05) is 19.1 Å². The molecule has 1 aliphatic heterocycles. The van der Waals surface area contributed by atoms with Crippen molar-refractivity contribution in [3.05, 3.63) is 35.1 Å². The van der Waals surface area contributed by atoms with Crippen molar-refractivity contribution in [2.45, 2.75) is 32.7 Å². The molecule has 2 rings (SSSR count). The number of benzene rings is 1. The van der Waals surface area contributed by atoms with Crippen LogP contribution >= 0.6 is 0 Å². The minimum absolute atomic E-state index is 0.137. The fourth-order valence-corrected chi connectivity index (χ4v) is 2.88. The monoisotopic (exact) mass is 250 g/mol. The van der Waals surface area contributed by atoms with E-state index in [1.807, 2.05) is 19.1 Å². The van der Waals surface area contributed by atoms with Crippen LogP contribution in [-0.4, -0.2) is 24.5 Å². The topological polar surface area (TPSA) is 29.3 Å². The summed E-state index contributed by atoms with van der Waals surface area (Å²) < 4.78 is 13.3. The number of aryl methyl sites for hydroxylation is 1. The van der Waals surface area contributed by atoms with Gasteiger partial charge in [0.2, 0.25) is 0 Å². The summed E-state index contributed by atoms with van der Waals surface area (Å²) in [5.74, 6) is 0.593. The van der Waals surface area contributed by atoms with Crippen molar-refractivity contribution in [1.82, 2.24) is 4.90 Å². The Morgan fingerprint density at radius 2 is 2.28 bits per heavy atom. The van der Waals surface area contributed by atoms with Gasteiger partial charge in [-0.3, -0.25) is 4.90 Å². The Hall–Kier alpha value is -0.930. The van der Waals surface area contributed by atoms with Crippen LogP contribution < -0.4 is 5.73 Å². The summed E-state index contributed by atoms with van der Waals surface area (Å²) in [6.45, 7) is 6.89. The van der Waals surface area contributed by atoms with Gasteiger partial charge in [-0.05, 0) is 49.4 Å². The molecule has 1 saturated heterocycles. The van der Waals surface area contributed by atoms with Crippen LogP contribution in [0.25, 0.3) is 0 Å². The summed E-state index contributed by atoms with van der Waals surface area (Å²) >= 11 is 0. The molecule has 1 aromatic carbocycles. The van der Waals surface area contributed by atoms with Gasteiger partial charge in [0.25, 0.3) is 0 Å². The van der Waals surface area contributed by atoms with E-state index in [4.69, 9.17) is 5.73 Å². The maximum absolute atomic E-state index is 13.3. The van der Waals surface area contributed by atoms with E-state index < -0.39 is 0 Å². The number of likely N-dealkylation sites (tertiary alicyclic amines) is 1. The summed E-state index contributed by atoms with van der Waals surface area (Å²) in [6.07, 6.45) is 2.54. The normalized spacial score (nSPS) is 23.0. The van der Waals surface area contributed by atoms with Crippen LogP contribution in [0.4, 0.5) is 4.39 Å². The molecular formula is C15H23FN2. The number of halogens is 1. The molecule has 2 unspecified atom stereocenters. The van der Waals surface area contributed by atoms with Gasteiger partial charge in [-0.2, -0.15) is 0 Å². The van der Waals surface area contributed by atoms with E-state index in [0.29, 0.717) is 12.1 Å². The highest BCUT2D eigenvalue weighted by atomic mass is 19.1. The third-order valence-electron chi connectivity index (χ3n) is 3.92. The van der Waals surface area contributed by atoms with Gasteiger partial charge in [-0.25, -0.2) is 4.39 Å². The van der Waals surface area contributed by atoms with Crippen LogP contribution in [-0.2, 0) is 0 Å². The number of rotatable bonds is 3. The van der Waals surface area contributed by atoms with Crippen LogP contribution in [0.15, 0.2) is 18.2 Å². The zero-order valence-electron chi connectivity index (χ0n) is 11.3. The van der Waals surface area contributed by atoms with Crippen molar-refractivity contribution in [3.63, 3.8) is 0 Å². The molecule has 2 atom stereocenters. The molecule has 0 aromatic heterocycles. The first-order valence-electron chi connectivity index (χ1n) is 6.82. The number of nitrogens with zero attached hydrogens (tertiary/aromatic N) is 1. The molecule has 0 saturated carbocycles. The van der Waals surface area contributed by atoms with Crippen molar-refractivity contribution in [1.29, 1.82) is 0 Å². The fraction of sp³-hybridized carbons (Fsp3) is 0.600. The summed E-state index contributed by atoms with van der Waals surface area (Å²) in [5, 5.41) is 0. The second kappa shape index (κ2) is 5.81. The summed E-state index contributed by atoms with van der Waals surface area (Å²) in [6, 6.07) is 5.60. The van der Waals surface area contributed by atoms with E-state index in [2.05, 4.69) is 11.8 Å². The zero-order chi connectivity index (χ0) is 13.1. The van der Waals surface area contributed by atoms with Crippen LogP contribution in [0, 0.1) is 18.7 Å². The van der Waals surface area contributed by atoms with Gasteiger partial charge in [0, 0.05) is 19.1 Å². The molecule has 100 valence electrons. The lowest BCUT2D eigenvalue weighted by Gasteiger charge is -2.37. The van der Waals surface area contributed by atoms with E-state index in [1.54, 1.807) is 6.07 Å². The highest BCUT2D eigenvalue weighted by Gasteiger charge is 2.24. The van der Waals surface area contributed by atoms with Crippen molar-refractivity contribution >= 4 is 0 Å². The molecular weight excluding hydrogens is 227 g/mol. The Balaban J connectivity index is 2.18.